The molecular formula is C18H17ClN2O. The zero-order valence-corrected chi connectivity index (χ0v) is 13.1. The number of hydrogen-bond acceptors (Lipinski definition) is 1. The Labute approximate surface area is 134 Å². The zero-order valence-electron chi connectivity index (χ0n) is 12.3. The summed E-state index contributed by atoms with van der Waals surface area (Å²) in [4.78, 5) is 15.5. The number of benzene rings is 2. The van der Waals surface area contributed by atoms with Crippen LogP contribution in [0.1, 0.15) is 16.8 Å². The van der Waals surface area contributed by atoms with Gasteiger partial charge in [-0.25, -0.2) is 0 Å². The lowest BCUT2D eigenvalue weighted by Gasteiger charge is -2.06. The topological polar surface area (TPSA) is 44.9 Å². The van der Waals surface area contributed by atoms with Crippen molar-refractivity contribution in [3.05, 3.63) is 70.4 Å². The first-order chi connectivity index (χ1) is 10.6. The molecule has 0 bridgehead atoms. The number of aryl methyl sites for hydroxylation is 1. The molecule has 0 aliphatic carbocycles. The zero-order chi connectivity index (χ0) is 15.5. The molecule has 1 amide bonds. The molecule has 1 aromatic heterocycles. The molecule has 1 heterocycles. The largest absolute Gasteiger partial charge is 0.358 e. The highest BCUT2D eigenvalue weighted by molar-refractivity contribution is 6.31. The molecule has 0 saturated carbocycles. The van der Waals surface area contributed by atoms with E-state index in [9.17, 15) is 4.79 Å². The van der Waals surface area contributed by atoms with Crippen LogP contribution in [0.2, 0.25) is 5.02 Å². The highest BCUT2D eigenvalue weighted by Gasteiger charge is 2.12. The molecule has 22 heavy (non-hydrogen) atoms. The fourth-order valence-electron chi connectivity index (χ4n) is 2.60. The first kappa shape index (κ1) is 14.7. The number of fused-ring (bicyclic) bond motifs is 1. The number of amides is 1. The van der Waals surface area contributed by atoms with Gasteiger partial charge in [0.15, 0.2) is 0 Å². The van der Waals surface area contributed by atoms with Crippen molar-refractivity contribution < 1.29 is 4.79 Å². The molecule has 4 heteroatoms. The number of rotatable bonds is 4. The summed E-state index contributed by atoms with van der Waals surface area (Å²) in [5.41, 5.74) is 4.11. The van der Waals surface area contributed by atoms with Crippen LogP contribution in [0.3, 0.4) is 0 Å². The highest BCUT2D eigenvalue weighted by Crippen LogP contribution is 2.25. The van der Waals surface area contributed by atoms with Gasteiger partial charge in [0.25, 0.3) is 0 Å². The number of hydrogen-bond donors (Lipinski definition) is 2. The third kappa shape index (κ3) is 3.15. The summed E-state index contributed by atoms with van der Waals surface area (Å²) < 4.78 is 0. The van der Waals surface area contributed by atoms with Crippen molar-refractivity contribution in [3.8, 4) is 0 Å². The van der Waals surface area contributed by atoms with Crippen molar-refractivity contribution in [3.63, 3.8) is 0 Å². The van der Waals surface area contributed by atoms with E-state index in [0.29, 0.717) is 18.0 Å². The summed E-state index contributed by atoms with van der Waals surface area (Å²) >= 11 is 6.06. The summed E-state index contributed by atoms with van der Waals surface area (Å²) in [6.07, 6.45) is 0.346. The van der Waals surface area contributed by atoms with E-state index in [1.807, 2.05) is 55.5 Å². The van der Waals surface area contributed by atoms with Crippen molar-refractivity contribution >= 4 is 28.4 Å². The Bertz CT molecular complexity index is 809. The molecule has 0 unspecified atom stereocenters. The Morgan fingerprint density at radius 3 is 2.73 bits per heavy atom. The molecule has 3 nitrogen and oxygen atoms in total. The lowest BCUT2D eigenvalue weighted by molar-refractivity contribution is -0.120. The van der Waals surface area contributed by atoms with Crippen LogP contribution >= 0.6 is 11.6 Å². The van der Waals surface area contributed by atoms with Gasteiger partial charge >= 0.3 is 0 Å². The van der Waals surface area contributed by atoms with Crippen LogP contribution in [-0.4, -0.2) is 10.9 Å². The Balaban J connectivity index is 1.74. The molecule has 0 spiro atoms. The molecule has 0 saturated heterocycles. The van der Waals surface area contributed by atoms with Gasteiger partial charge in [-0.05, 0) is 36.2 Å². The van der Waals surface area contributed by atoms with Gasteiger partial charge in [0.1, 0.15) is 0 Å². The Hall–Kier alpha value is -2.26. The lowest BCUT2D eigenvalue weighted by Crippen LogP contribution is -2.24. The summed E-state index contributed by atoms with van der Waals surface area (Å²) in [7, 11) is 0. The maximum absolute atomic E-state index is 12.2. The van der Waals surface area contributed by atoms with Crippen molar-refractivity contribution in [2.45, 2.75) is 19.9 Å². The van der Waals surface area contributed by atoms with E-state index in [0.717, 1.165) is 27.7 Å². The number of aromatic amines is 1. The van der Waals surface area contributed by atoms with Crippen LogP contribution in [-0.2, 0) is 17.8 Å². The maximum atomic E-state index is 12.2. The van der Waals surface area contributed by atoms with E-state index < -0.39 is 0 Å². The van der Waals surface area contributed by atoms with E-state index >= 15 is 0 Å². The maximum Gasteiger partial charge on any atom is 0.224 e. The average molecular weight is 313 g/mol. The number of halogens is 1. The normalized spacial score (nSPS) is 10.8. The van der Waals surface area contributed by atoms with Gasteiger partial charge < -0.3 is 10.3 Å². The Kier molecular flexibility index (Phi) is 4.16. The van der Waals surface area contributed by atoms with E-state index in [1.54, 1.807) is 0 Å². The molecule has 112 valence electrons. The van der Waals surface area contributed by atoms with E-state index in [2.05, 4.69) is 10.3 Å². The summed E-state index contributed by atoms with van der Waals surface area (Å²) in [5, 5.41) is 4.65. The van der Waals surface area contributed by atoms with E-state index in [4.69, 9.17) is 11.6 Å². The van der Waals surface area contributed by atoms with Crippen molar-refractivity contribution in [2.24, 2.45) is 0 Å². The highest BCUT2D eigenvalue weighted by atomic mass is 35.5. The fourth-order valence-corrected chi connectivity index (χ4v) is 2.77. The summed E-state index contributed by atoms with van der Waals surface area (Å²) in [6.45, 7) is 2.52. The predicted octanol–water partition coefficient (Wildman–Crippen LogP) is 3.99. The standard InChI is InChI=1S/C18H17ClN2O/c1-12-15(16-9-14(19)7-8-17(16)21-12)10-18(22)20-11-13-5-3-2-4-6-13/h2-9,21H,10-11H2,1H3,(H,20,22). The molecule has 3 aromatic rings. The fraction of sp³-hybridized carbons (Fsp3) is 0.167. The molecule has 0 fully saturated rings. The van der Waals surface area contributed by atoms with Crippen LogP contribution in [0.4, 0.5) is 0 Å². The van der Waals surface area contributed by atoms with Crippen LogP contribution in [0.25, 0.3) is 10.9 Å². The molecule has 3 rings (SSSR count). The minimum absolute atomic E-state index is 0.00725. The van der Waals surface area contributed by atoms with Crippen molar-refractivity contribution in [1.82, 2.24) is 10.3 Å². The first-order valence-corrected chi connectivity index (χ1v) is 7.58. The monoisotopic (exact) mass is 312 g/mol. The SMILES string of the molecule is Cc1[nH]c2ccc(Cl)cc2c1CC(=O)NCc1ccccc1. The summed E-state index contributed by atoms with van der Waals surface area (Å²) in [6, 6.07) is 15.6. The third-order valence-electron chi connectivity index (χ3n) is 3.75. The molecule has 0 aliphatic rings. The minimum atomic E-state index is 0.00725. The minimum Gasteiger partial charge on any atom is -0.358 e. The number of H-pyrrole nitrogens is 1. The second-order valence-electron chi connectivity index (χ2n) is 5.36. The van der Waals surface area contributed by atoms with Gasteiger partial charge in [-0.2, -0.15) is 0 Å². The van der Waals surface area contributed by atoms with Gasteiger partial charge in [-0.3, -0.25) is 4.79 Å². The second-order valence-corrected chi connectivity index (χ2v) is 5.79. The molecule has 0 aliphatic heterocycles. The van der Waals surface area contributed by atoms with Crippen LogP contribution in [0, 0.1) is 6.92 Å². The average Bonchev–Trinajstić information content (AvgIpc) is 2.82. The molecule has 2 aromatic carbocycles. The number of nitrogens with one attached hydrogen (secondary N) is 2. The van der Waals surface area contributed by atoms with Gasteiger partial charge in [0.2, 0.25) is 5.91 Å². The van der Waals surface area contributed by atoms with Crippen LogP contribution < -0.4 is 5.32 Å². The quantitative estimate of drug-likeness (QED) is 0.751. The number of aromatic nitrogens is 1. The van der Waals surface area contributed by atoms with Gasteiger partial charge in [-0.15, -0.1) is 0 Å². The smallest absolute Gasteiger partial charge is 0.224 e. The van der Waals surface area contributed by atoms with Gasteiger partial charge in [0, 0.05) is 28.2 Å². The van der Waals surface area contributed by atoms with Crippen LogP contribution in [0.15, 0.2) is 48.5 Å². The predicted molar refractivity (Wildman–Crippen MR) is 90.0 cm³/mol. The third-order valence-corrected chi connectivity index (χ3v) is 3.99. The van der Waals surface area contributed by atoms with E-state index in [1.165, 1.54) is 0 Å². The lowest BCUT2D eigenvalue weighted by atomic mass is 10.1. The van der Waals surface area contributed by atoms with Crippen LogP contribution in [0.5, 0.6) is 0 Å². The Morgan fingerprint density at radius 1 is 1.18 bits per heavy atom. The van der Waals surface area contributed by atoms with E-state index in [-0.39, 0.29) is 5.91 Å². The molecule has 0 atom stereocenters. The summed E-state index contributed by atoms with van der Waals surface area (Å²) in [5.74, 6) is 0.00725. The van der Waals surface area contributed by atoms with Gasteiger partial charge in [0.05, 0.1) is 6.42 Å². The second kappa shape index (κ2) is 6.24. The number of carbonyl (C=O) groups excluding carboxylic acids is 1. The molecule has 2 N–H and O–H groups in total. The van der Waals surface area contributed by atoms with Crippen molar-refractivity contribution in [1.29, 1.82) is 0 Å². The first-order valence-electron chi connectivity index (χ1n) is 7.21. The Morgan fingerprint density at radius 2 is 1.95 bits per heavy atom. The van der Waals surface area contributed by atoms with Gasteiger partial charge in [-0.1, -0.05) is 41.9 Å². The molecule has 0 radical (unpaired) electrons. The van der Waals surface area contributed by atoms with Crippen molar-refractivity contribution in [2.75, 3.05) is 0 Å². The molecular weight excluding hydrogens is 296 g/mol. The number of carbonyl (C=O) groups is 1.